The number of hydrogen-bond acceptors (Lipinski definition) is 4. The van der Waals surface area contributed by atoms with E-state index in [2.05, 4.69) is 120 Å². The fraction of sp³-hybridized carbons (Fsp3) is 0.0588. The summed E-state index contributed by atoms with van der Waals surface area (Å²) >= 11 is 3.63. The lowest BCUT2D eigenvalue weighted by molar-refractivity contribution is 0.410. The molecule has 4 aromatic carbocycles. The number of rotatable bonds is 9. The summed E-state index contributed by atoms with van der Waals surface area (Å²) in [6.07, 6.45) is 0. The Morgan fingerprint density at radius 1 is 0.525 bits per heavy atom. The molecule has 0 aliphatic rings. The smallest absolute Gasteiger partial charge is 0.127 e. The van der Waals surface area contributed by atoms with Crippen LogP contribution < -0.4 is 30.0 Å². The number of methoxy groups -OCH3 is 2. The van der Waals surface area contributed by atoms with Gasteiger partial charge >= 0.3 is 0 Å². The van der Waals surface area contributed by atoms with Crippen molar-refractivity contribution in [3.63, 3.8) is 0 Å². The van der Waals surface area contributed by atoms with E-state index in [4.69, 9.17) is 9.47 Å². The first-order valence-corrected chi connectivity index (χ1v) is 18.1. The second-order valence-electron chi connectivity index (χ2n) is 8.99. The molecule has 1 unspecified atom stereocenters. The molecule has 0 aliphatic heterocycles. The van der Waals surface area contributed by atoms with Crippen molar-refractivity contribution >= 4 is 58.4 Å². The van der Waals surface area contributed by atoms with Crippen LogP contribution in [-0.2, 0) is 0 Å². The molecular weight excluding hydrogens is 566 g/mol. The first kappa shape index (κ1) is 26.9. The van der Waals surface area contributed by atoms with E-state index in [1.54, 1.807) is 25.6 Å². The van der Waals surface area contributed by atoms with E-state index in [0.29, 0.717) is 0 Å². The minimum atomic E-state index is -0.818. The normalized spacial score (nSPS) is 12.6. The zero-order chi connectivity index (χ0) is 27.3. The van der Waals surface area contributed by atoms with Crippen molar-refractivity contribution in [1.29, 1.82) is 0 Å². The molecule has 0 radical (unpaired) electrons. The number of hydrogen-bond donors (Lipinski definition) is 0. The molecule has 2 aromatic heterocycles. The lowest BCUT2D eigenvalue weighted by Gasteiger charge is -2.31. The van der Waals surface area contributed by atoms with Gasteiger partial charge in [0.2, 0.25) is 0 Å². The molecule has 6 heteroatoms. The Kier molecular flexibility index (Phi) is 8.42. The Labute approximate surface area is 246 Å². The van der Waals surface area contributed by atoms with Crippen LogP contribution in [0.1, 0.15) is 0 Å². The van der Waals surface area contributed by atoms with Crippen molar-refractivity contribution in [2.24, 2.45) is 0 Å². The molecule has 0 saturated carbocycles. The van der Waals surface area contributed by atoms with E-state index in [9.17, 15) is 0 Å². The Bertz CT molecular complexity index is 1670. The summed E-state index contributed by atoms with van der Waals surface area (Å²) in [5.41, 5.74) is 3.43. The summed E-state index contributed by atoms with van der Waals surface area (Å²) in [7, 11) is 1.91. The fourth-order valence-corrected chi connectivity index (χ4v) is 15.4. The van der Waals surface area contributed by atoms with Gasteiger partial charge in [0.25, 0.3) is 0 Å². The zero-order valence-electron chi connectivity index (χ0n) is 22.2. The minimum Gasteiger partial charge on any atom is -0.496 e. The van der Waals surface area contributed by atoms with Crippen LogP contribution in [0.4, 0.5) is 0 Å². The van der Waals surface area contributed by atoms with E-state index in [-0.39, 0.29) is 0 Å². The maximum absolute atomic E-state index is 6.02. The van der Waals surface area contributed by atoms with Crippen LogP contribution in [-0.4, -0.2) is 14.2 Å². The third kappa shape index (κ3) is 5.38. The molecule has 2 heterocycles. The highest BCUT2D eigenvalue weighted by Crippen LogP contribution is 2.67. The Hall–Kier alpha value is -3.26. The van der Waals surface area contributed by atoms with Crippen LogP contribution >= 0.6 is 37.9 Å². The lowest BCUT2D eigenvalue weighted by Crippen LogP contribution is -2.20. The molecule has 2 atom stereocenters. The summed E-state index contributed by atoms with van der Waals surface area (Å²) in [4.78, 5) is 1.29. The largest absolute Gasteiger partial charge is 0.496 e. The van der Waals surface area contributed by atoms with Crippen LogP contribution in [0.2, 0.25) is 0 Å². The highest BCUT2D eigenvalue weighted by molar-refractivity contribution is 8.42. The lowest BCUT2D eigenvalue weighted by atomic mass is 10.0. The molecule has 0 fully saturated rings. The first-order valence-electron chi connectivity index (χ1n) is 12.9. The van der Waals surface area contributed by atoms with Gasteiger partial charge in [0.1, 0.15) is 11.5 Å². The molecule has 0 spiro atoms. The maximum Gasteiger partial charge on any atom is 0.127 e. The number of benzene rings is 4. The van der Waals surface area contributed by atoms with Gasteiger partial charge in [-0.1, -0.05) is 97.1 Å². The van der Waals surface area contributed by atoms with Crippen molar-refractivity contribution in [3.05, 3.63) is 132 Å². The van der Waals surface area contributed by atoms with Crippen LogP contribution in [0.25, 0.3) is 21.6 Å². The van der Waals surface area contributed by atoms with Gasteiger partial charge in [-0.3, -0.25) is 0 Å². The van der Waals surface area contributed by atoms with E-state index < -0.39 is 15.2 Å². The number of para-hydroxylation sites is 1. The molecule has 6 aromatic rings. The van der Waals surface area contributed by atoms with Crippen molar-refractivity contribution in [1.82, 2.24) is 0 Å². The monoisotopic (exact) mass is 594 g/mol. The van der Waals surface area contributed by atoms with Gasteiger partial charge in [-0.2, -0.15) is 0 Å². The molecule has 0 aliphatic carbocycles. The third-order valence-electron chi connectivity index (χ3n) is 6.66. The van der Waals surface area contributed by atoms with Gasteiger partial charge in [0, 0.05) is 28.2 Å². The predicted octanol–water partition coefficient (Wildman–Crippen LogP) is 8.64. The van der Waals surface area contributed by atoms with Gasteiger partial charge in [-0.15, -0.1) is 22.7 Å². The predicted molar refractivity (Wildman–Crippen MR) is 178 cm³/mol. The minimum absolute atomic E-state index is 0.767. The molecule has 2 nitrogen and oxygen atoms in total. The fourth-order valence-electron chi connectivity index (χ4n) is 4.86. The molecule has 0 N–H and O–H groups in total. The topological polar surface area (TPSA) is 18.5 Å². The molecule has 6 rings (SSSR count). The molecule has 198 valence electrons. The van der Waals surface area contributed by atoms with Crippen LogP contribution in [0.3, 0.4) is 0 Å². The van der Waals surface area contributed by atoms with Gasteiger partial charge in [0.15, 0.2) is 0 Å². The summed E-state index contributed by atoms with van der Waals surface area (Å²) in [6.45, 7) is 0. The molecular formula is C34H28O2P2S2. The second kappa shape index (κ2) is 12.5. The van der Waals surface area contributed by atoms with E-state index in [0.717, 1.165) is 22.6 Å². The average Bonchev–Trinajstić information content (AvgIpc) is 3.76. The van der Waals surface area contributed by atoms with E-state index >= 15 is 0 Å². The third-order valence-corrected chi connectivity index (χ3v) is 16.8. The number of thiophene rings is 2. The molecule has 0 amide bonds. The Morgan fingerprint density at radius 3 is 1.90 bits per heavy atom. The van der Waals surface area contributed by atoms with E-state index in [1.165, 1.54) is 31.0 Å². The highest BCUT2D eigenvalue weighted by Gasteiger charge is 2.32. The Morgan fingerprint density at radius 2 is 1.20 bits per heavy atom. The summed E-state index contributed by atoms with van der Waals surface area (Å²) in [6, 6.07) is 43.8. The Balaban J connectivity index is 1.60. The van der Waals surface area contributed by atoms with Gasteiger partial charge in [0.05, 0.1) is 14.2 Å². The molecule has 0 bridgehead atoms. The van der Waals surface area contributed by atoms with E-state index in [1.807, 2.05) is 23.5 Å². The van der Waals surface area contributed by atoms with Crippen molar-refractivity contribution in [2.75, 3.05) is 14.2 Å². The van der Waals surface area contributed by atoms with Crippen molar-refractivity contribution in [2.45, 2.75) is 0 Å². The van der Waals surface area contributed by atoms with Crippen LogP contribution in [0.15, 0.2) is 132 Å². The quantitative estimate of drug-likeness (QED) is 0.156. The second-order valence-corrected chi connectivity index (χ2v) is 16.8. The zero-order valence-corrected chi connectivity index (χ0v) is 25.7. The van der Waals surface area contributed by atoms with Crippen LogP contribution in [0, 0.1) is 0 Å². The first-order chi connectivity index (χ1) is 19.8. The van der Waals surface area contributed by atoms with Crippen LogP contribution in [0.5, 0.6) is 11.5 Å². The molecule has 0 saturated heterocycles. The summed E-state index contributed by atoms with van der Waals surface area (Å²) < 4.78 is 13.3. The summed E-state index contributed by atoms with van der Waals surface area (Å²) in [5, 5.41) is 8.38. The van der Waals surface area contributed by atoms with Crippen molar-refractivity contribution in [3.8, 4) is 33.1 Å². The van der Waals surface area contributed by atoms with Crippen molar-refractivity contribution < 1.29 is 9.47 Å². The van der Waals surface area contributed by atoms with Gasteiger partial charge in [-0.25, -0.2) is 0 Å². The maximum atomic E-state index is 6.02. The SMILES string of the molecule is COc1ccccc1-c1c(OC)cccc1[P@](c1cccs1)P(c1ccccc1)c1ccc(-c2cccs2)cc1. The highest BCUT2D eigenvalue weighted by atomic mass is 32.1. The summed E-state index contributed by atoms with van der Waals surface area (Å²) in [5.74, 6) is 1.71. The average molecular weight is 595 g/mol. The molecule has 40 heavy (non-hydrogen) atoms. The van der Waals surface area contributed by atoms with Gasteiger partial charge in [-0.05, 0) is 64.1 Å². The standard InChI is InChI=1S/C34H28O2P2S2/c1-35-29-14-7-6-13-28(29)34-30(36-2)15-8-16-31(34)38(33-18-10-24-40-33)37(26-11-4-3-5-12-26)27-21-19-25(20-22-27)32-17-9-23-39-32/h3-24H,1-2H3/t37?,38-/m1/s1. The number of ether oxygens (including phenoxy) is 2. The van der Waals surface area contributed by atoms with Gasteiger partial charge < -0.3 is 9.47 Å².